The molecule has 1 fully saturated rings. The fraction of sp³-hybridized carbons (Fsp3) is 0.500. The lowest BCUT2D eigenvalue weighted by atomic mass is 10.0. The second kappa shape index (κ2) is 8.75. The average Bonchev–Trinajstić information content (AvgIpc) is 2.97. The van der Waals surface area contributed by atoms with E-state index >= 15 is 0 Å². The van der Waals surface area contributed by atoms with Gasteiger partial charge in [-0.15, -0.1) is 0 Å². The van der Waals surface area contributed by atoms with Gasteiger partial charge in [-0.3, -0.25) is 9.69 Å². The molecular formula is C20H29N4O3+. The summed E-state index contributed by atoms with van der Waals surface area (Å²) in [5, 5.41) is 18.0. The monoisotopic (exact) mass is 373 g/mol. The van der Waals surface area contributed by atoms with Crippen LogP contribution in [0.2, 0.25) is 0 Å². The number of rotatable bonds is 7. The number of carbonyl (C=O) groups excluding carboxylic acids is 1. The summed E-state index contributed by atoms with van der Waals surface area (Å²) in [5.74, 6) is -0.242. The Labute approximate surface area is 160 Å². The standard InChI is InChI=1S/C20H28N4O3/c1-16(20(25)21-8-9-23-10-12-27-13-11-23)14-18-15-19(22-24(18,2)26)17-6-4-3-5-7-17/h3-7,15-16,26H,8-14H2,1-2H3/p+1. The molecule has 2 unspecified atom stereocenters. The van der Waals surface area contributed by atoms with Crippen LogP contribution >= 0.6 is 0 Å². The molecule has 0 spiro atoms. The molecule has 27 heavy (non-hydrogen) atoms. The number of nitrogens with zero attached hydrogens (tertiary/aromatic N) is 3. The van der Waals surface area contributed by atoms with Gasteiger partial charge in [0.25, 0.3) is 0 Å². The number of quaternary nitrogens is 1. The predicted molar refractivity (Wildman–Crippen MR) is 103 cm³/mol. The van der Waals surface area contributed by atoms with E-state index in [1.807, 2.05) is 43.3 Å². The van der Waals surface area contributed by atoms with Gasteiger partial charge in [-0.25, -0.2) is 0 Å². The first kappa shape index (κ1) is 19.7. The number of benzene rings is 1. The Hall–Kier alpha value is -2.06. The smallest absolute Gasteiger partial charge is 0.223 e. The number of allylic oxidation sites excluding steroid dienone is 2. The highest BCUT2D eigenvalue weighted by Crippen LogP contribution is 2.27. The lowest BCUT2D eigenvalue weighted by molar-refractivity contribution is -1.06. The fourth-order valence-electron chi connectivity index (χ4n) is 3.31. The van der Waals surface area contributed by atoms with Gasteiger partial charge in [0, 0.05) is 50.2 Å². The van der Waals surface area contributed by atoms with E-state index in [9.17, 15) is 10.0 Å². The lowest BCUT2D eigenvalue weighted by Gasteiger charge is -2.26. The molecule has 2 aliphatic rings. The quantitative estimate of drug-likeness (QED) is 0.712. The summed E-state index contributed by atoms with van der Waals surface area (Å²) in [6.45, 7) is 6.69. The molecule has 2 heterocycles. The maximum atomic E-state index is 12.4. The maximum Gasteiger partial charge on any atom is 0.223 e. The molecular weight excluding hydrogens is 344 g/mol. The van der Waals surface area contributed by atoms with E-state index < -0.39 is 4.76 Å². The first-order valence-corrected chi connectivity index (χ1v) is 9.49. The fourth-order valence-corrected chi connectivity index (χ4v) is 3.31. The highest BCUT2D eigenvalue weighted by atomic mass is 16.6. The summed E-state index contributed by atoms with van der Waals surface area (Å²) in [6.07, 6.45) is 2.34. The van der Waals surface area contributed by atoms with Crippen LogP contribution in [0.25, 0.3) is 0 Å². The number of carbonyl (C=O) groups is 1. The second-order valence-corrected chi connectivity index (χ2v) is 7.25. The molecule has 2 atom stereocenters. The minimum Gasteiger partial charge on any atom is -0.379 e. The Morgan fingerprint density at radius 2 is 2.04 bits per heavy atom. The lowest BCUT2D eigenvalue weighted by Crippen LogP contribution is -2.42. The normalized spacial score (nSPS) is 24.3. The van der Waals surface area contributed by atoms with Gasteiger partial charge in [-0.05, 0) is 9.86 Å². The van der Waals surface area contributed by atoms with Gasteiger partial charge in [0.05, 0.1) is 13.2 Å². The molecule has 0 aliphatic carbocycles. The number of hydroxylamine groups is 2. The van der Waals surface area contributed by atoms with Gasteiger partial charge in [-0.1, -0.05) is 37.3 Å². The second-order valence-electron chi connectivity index (χ2n) is 7.25. The number of ether oxygens (including phenoxy) is 1. The first-order valence-electron chi connectivity index (χ1n) is 9.49. The van der Waals surface area contributed by atoms with Crippen LogP contribution in [0.5, 0.6) is 0 Å². The van der Waals surface area contributed by atoms with Gasteiger partial charge >= 0.3 is 0 Å². The molecule has 1 amide bonds. The number of nitrogens with one attached hydrogen (secondary N) is 1. The van der Waals surface area contributed by atoms with Crippen LogP contribution in [0, 0.1) is 5.92 Å². The van der Waals surface area contributed by atoms with Crippen LogP contribution in [0.3, 0.4) is 0 Å². The van der Waals surface area contributed by atoms with Crippen molar-refractivity contribution in [3.05, 3.63) is 47.7 Å². The molecule has 0 aromatic heterocycles. The summed E-state index contributed by atoms with van der Waals surface area (Å²) in [4.78, 5) is 14.7. The van der Waals surface area contributed by atoms with Crippen LogP contribution in [-0.4, -0.2) is 72.9 Å². The van der Waals surface area contributed by atoms with Crippen LogP contribution < -0.4 is 5.32 Å². The summed E-state index contributed by atoms with van der Waals surface area (Å²) in [7, 11) is 1.62. The van der Waals surface area contributed by atoms with Crippen molar-refractivity contribution in [1.82, 2.24) is 10.2 Å². The Morgan fingerprint density at radius 1 is 1.33 bits per heavy atom. The van der Waals surface area contributed by atoms with Gasteiger partial charge < -0.3 is 10.1 Å². The van der Waals surface area contributed by atoms with Gasteiger partial charge in [0.1, 0.15) is 12.8 Å². The van der Waals surface area contributed by atoms with E-state index in [1.165, 1.54) is 0 Å². The van der Waals surface area contributed by atoms with Gasteiger partial charge in [0.15, 0.2) is 5.70 Å². The molecule has 1 saturated heterocycles. The number of hydrogen-bond donors (Lipinski definition) is 2. The molecule has 7 nitrogen and oxygen atoms in total. The zero-order valence-corrected chi connectivity index (χ0v) is 16.1. The molecule has 7 heteroatoms. The van der Waals surface area contributed by atoms with Crippen molar-refractivity contribution in [2.45, 2.75) is 13.3 Å². The Bertz CT molecular complexity index is 709. The largest absolute Gasteiger partial charge is 0.379 e. The summed E-state index contributed by atoms with van der Waals surface area (Å²) in [6, 6.07) is 9.74. The molecule has 1 aromatic carbocycles. The molecule has 0 bridgehead atoms. The van der Waals surface area contributed by atoms with E-state index in [0.717, 1.165) is 44.1 Å². The zero-order valence-electron chi connectivity index (χ0n) is 16.1. The molecule has 0 saturated carbocycles. The van der Waals surface area contributed by atoms with E-state index in [-0.39, 0.29) is 11.8 Å². The van der Waals surface area contributed by atoms with Crippen molar-refractivity contribution in [2.24, 2.45) is 11.0 Å². The van der Waals surface area contributed by atoms with Crippen LogP contribution in [0.15, 0.2) is 47.2 Å². The number of amides is 1. The summed E-state index contributed by atoms with van der Waals surface area (Å²) < 4.78 is 4.78. The molecule has 2 N–H and O–H groups in total. The number of hydrogen-bond acceptors (Lipinski definition) is 5. The van der Waals surface area contributed by atoms with E-state index in [1.54, 1.807) is 7.05 Å². The van der Waals surface area contributed by atoms with Crippen molar-refractivity contribution in [1.29, 1.82) is 0 Å². The minimum atomic E-state index is -0.546. The SMILES string of the molecule is CC(CC1=CC(c2ccccc2)=N[N+]1(C)O)C(=O)NCCN1CCOCC1. The topological polar surface area (TPSA) is 74.2 Å². The summed E-state index contributed by atoms with van der Waals surface area (Å²) >= 11 is 0. The summed E-state index contributed by atoms with van der Waals surface area (Å²) in [5.41, 5.74) is 2.40. The maximum absolute atomic E-state index is 12.4. The third-order valence-corrected chi connectivity index (χ3v) is 5.01. The van der Waals surface area contributed by atoms with Crippen molar-refractivity contribution in [3.63, 3.8) is 0 Å². The molecule has 146 valence electrons. The molecule has 0 radical (unpaired) electrons. The predicted octanol–water partition coefficient (Wildman–Crippen LogP) is 1.60. The van der Waals surface area contributed by atoms with E-state index in [0.29, 0.717) is 18.7 Å². The Morgan fingerprint density at radius 3 is 2.74 bits per heavy atom. The van der Waals surface area contributed by atoms with Crippen molar-refractivity contribution < 1.29 is 19.5 Å². The third-order valence-electron chi connectivity index (χ3n) is 5.01. The highest BCUT2D eigenvalue weighted by molar-refractivity contribution is 6.09. The average molecular weight is 373 g/mol. The van der Waals surface area contributed by atoms with Gasteiger partial charge in [0.2, 0.25) is 5.91 Å². The van der Waals surface area contributed by atoms with E-state index in [4.69, 9.17) is 4.74 Å². The van der Waals surface area contributed by atoms with Gasteiger partial charge in [-0.2, -0.15) is 5.21 Å². The zero-order chi connectivity index (χ0) is 19.3. The van der Waals surface area contributed by atoms with E-state index in [2.05, 4.69) is 15.3 Å². The highest BCUT2D eigenvalue weighted by Gasteiger charge is 2.35. The van der Waals surface area contributed by atoms with Crippen LogP contribution in [-0.2, 0) is 9.53 Å². The van der Waals surface area contributed by atoms with Crippen molar-refractivity contribution >= 4 is 11.6 Å². The first-order chi connectivity index (χ1) is 13.0. The van der Waals surface area contributed by atoms with Crippen molar-refractivity contribution in [2.75, 3.05) is 46.4 Å². The Kier molecular flexibility index (Phi) is 6.38. The molecule has 3 rings (SSSR count). The van der Waals surface area contributed by atoms with Crippen LogP contribution in [0.1, 0.15) is 18.9 Å². The number of morpholine rings is 1. The van der Waals surface area contributed by atoms with Crippen LogP contribution in [0.4, 0.5) is 0 Å². The molecule has 1 aromatic rings. The van der Waals surface area contributed by atoms with Crippen molar-refractivity contribution in [3.8, 4) is 0 Å². The minimum absolute atomic E-state index is 0.00248. The molecule has 2 aliphatic heterocycles. The third kappa shape index (κ3) is 5.23. The Balaban J connectivity index is 1.52.